The van der Waals surface area contributed by atoms with Gasteiger partial charge in [-0.25, -0.2) is 4.79 Å². The molecule has 3 rings (SSSR count). The molecule has 0 bridgehead atoms. The van der Waals surface area contributed by atoms with Crippen molar-refractivity contribution < 1.29 is 14.3 Å². The van der Waals surface area contributed by atoms with Gasteiger partial charge in [0.2, 0.25) is 0 Å². The number of aromatic nitrogens is 1. The van der Waals surface area contributed by atoms with Crippen LogP contribution in [0.25, 0.3) is 0 Å². The molecule has 1 heterocycles. The number of pyridine rings is 1. The third-order valence-electron chi connectivity index (χ3n) is 3.78. The number of benzene rings is 2. The fraction of sp³-hybridized carbons (Fsp3) is 0.0952. The molecule has 3 aromatic rings. The highest BCUT2D eigenvalue weighted by atomic mass is 35.5. The Hall–Kier alpha value is -3.38. The lowest BCUT2D eigenvalue weighted by molar-refractivity contribution is 0.0526. The van der Waals surface area contributed by atoms with Gasteiger partial charge in [0.25, 0.3) is 5.91 Å². The van der Waals surface area contributed by atoms with Crippen LogP contribution >= 0.6 is 11.6 Å². The van der Waals surface area contributed by atoms with Crippen LogP contribution in [0.5, 0.6) is 0 Å². The number of amides is 1. The van der Waals surface area contributed by atoms with Crippen molar-refractivity contribution in [3.05, 3.63) is 83.1 Å². The van der Waals surface area contributed by atoms with Crippen molar-refractivity contribution in [2.75, 3.05) is 17.2 Å². The van der Waals surface area contributed by atoms with Crippen LogP contribution in [-0.2, 0) is 4.74 Å². The van der Waals surface area contributed by atoms with Gasteiger partial charge in [-0.1, -0.05) is 11.6 Å². The lowest BCUT2D eigenvalue weighted by Crippen LogP contribution is -2.14. The van der Waals surface area contributed by atoms with E-state index in [2.05, 4.69) is 15.6 Å². The third kappa shape index (κ3) is 5.08. The molecule has 142 valence electrons. The van der Waals surface area contributed by atoms with Crippen LogP contribution in [0.1, 0.15) is 27.8 Å². The molecule has 6 nitrogen and oxygen atoms in total. The molecule has 1 amide bonds. The normalized spacial score (nSPS) is 10.2. The van der Waals surface area contributed by atoms with Gasteiger partial charge in [-0.05, 0) is 67.6 Å². The van der Waals surface area contributed by atoms with Gasteiger partial charge in [-0.15, -0.1) is 0 Å². The molecule has 0 saturated carbocycles. The zero-order valence-corrected chi connectivity index (χ0v) is 15.9. The van der Waals surface area contributed by atoms with Crippen LogP contribution in [0, 0.1) is 0 Å². The van der Waals surface area contributed by atoms with E-state index >= 15 is 0 Å². The van der Waals surface area contributed by atoms with E-state index in [-0.39, 0.29) is 11.6 Å². The van der Waals surface area contributed by atoms with Crippen molar-refractivity contribution in [2.45, 2.75) is 6.92 Å². The molecule has 0 fully saturated rings. The number of nitrogens with one attached hydrogen (secondary N) is 2. The average Bonchev–Trinajstić information content (AvgIpc) is 2.71. The molecule has 7 heteroatoms. The van der Waals surface area contributed by atoms with Gasteiger partial charge in [-0.2, -0.15) is 0 Å². The topological polar surface area (TPSA) is 80.3 Å². The summed E-state index contributed by atoms with van der Waals surface area (Å²) >= 11 is 5.88. The van der Waals surface area contributed by atoms with Gasteiger partial charge in [0.1, 0.15) is 5.69 Å². The predicted octanol–water partition coefficient (Wildman–Crippen LogP) is 4.91. The standard InChI is InChI=1S/C21H18ClN3O3/c1-2-28-21(27)14-3-7-17(8-4-14)25-20(26)19-13-18(11-12-23-19)24-16-9-5-15(22)6-10-16/h3-13H,2H2,1H3,(H,23,24)(H,25,26). The molecule has 2 N–H and O–H groups in total. The minimum absolute atomic E-state index is 0.258. The second-order valence-electron chi connectivity index (χ2n) is 5.81. The van der Waals surface area contributed by atoms with E-state index in [1.165, 1.54) is 0 Å². The average molecular weight is 396 g/mol. The van der Waals surface area contributed by atoms with Crippen molar-refractivity contribution >= 4 is 40.5 Å². The largest absolute Gasteiger partial charge is 0.462 e. The van der Waals surface area contributed by atoms with Crippen molar-refractivity contribution in [1.29, 1.82) is 0 Å². The first kappa shape index (κ1) is 19.4. The molecule has 28 heavy (non-hydrogen) atoms. The molecular formula is C21H18ClN3O3. The molecule has 1 aromatic heterocycles. The molecule has 0 aliphatic heterocycles. The van der Waals surface area contributed by atoms with Crippen molar-refractivity contribution in [3.63, 3.8) is 0 Å². The van der Waals surface area contributed by atoms with E-state index in [4.69, 9.17) is 16.3 Å². The summed E-state index contributed by atoms with van der Waals surface area (Å²) in [5.74, 6) is -0.758. The maximum atomic E-state index is 12.5. The van der Waals surface area contributed by atoms with Crippen molar-refractivity contribution in [3.8, 4) is 0 Å². The van der Waals surface area contributed by atoms with Gasteiger partial charge in [-0.3, -0.25) is 9.78 Å². The Morgan fingerprint density at radius 3 is 2.32 bits per heavy atom. The first-order valence-corrected chi connectivity index (χ1v) is 9.00. The first-order chi connectivity index (χ1) is 13.5. The van der Waals surface area contributed by atoms with Crippen molar-refractivity contribution in [2.24, 2.45) is 0 Å². The minimum Gasteiger partial charge on any atom is -0.462 e. The second-order valence-corrected chi connectivity index (χ2v) is 6.25. The van der Waals surface area contributed by atoms with Crippen LogP contribution in [-0.4, -0.2) is 23.5 Å². The number of ether oxygens (including phenoxy) is 1. The summed E-state index contributed by atoms with van der Waals surface area (Å²) in [4.78, 5) is 28.3. The molecule has 0 aliphatic carbocycles. The molecule has 0 radical (unpaired) electrons. The number of hydrogen-bond donors (Lipinski definition) is 2. The lowest BCUT2D eigenvalue weighted by atomic mass is 10.2. The van der Waals surface area contributed by atoms with Crippen LogP contribution in [0.4, 0.5) is 17.1 Å². The van der Waals surface area contributed by atoms with Gasteiger partial charge < -0.3 is 15.4 Å². The highest BCUT2D eigenvalue weighted by molar-refractivity contribution is 6.30. The zero-order valence-electron chi connectivity index (χ0n) is 15.1. The Bertz CT molecular complexity index is 973. The minimum atomic E-state index is -0.400. The Morgan fingerprint density at radius 2 is 1.64 bits per heavy atom. The fourth-order valence-electron chi connectivity index (χ4n) is 2.43. The molecule has 0 atom stereocenters. The first-order valence-electron chi connectivity index (χ1n) is 8.62. The van der Waals surface area contributed by atoms with Crippen molar-refractivity contribution in [1.82, 2.24) is 4.98 Å². The Morgan fingerprint density at radius 1 is 0.964 bits per heavy atom. The number of rotatable bonds is 6. The summed E-state index contributed by atoms with van der Waals surface area (Å²) in [6.07, 6.45) is 1.55. The Kier molecular flexibility index (Phi) is 6.24. The van der Waals surface area contributed by atoms with E-state index in [1.54, 1.807) is 61.7 Å². The molecule has 2 aromatic carbocycles. The van der Waals surface area contributed by atoms with Crippen LogP contribution in [0.2, 0.25) is 5.02 Å². The lowest BCUT2D eigenvalue weighted by Gasteiger charge is -2.09. The summed E-state index contributed by atoms with van der Waals surface area (Å²) in [6.45, 7) is 2.05. The zero-order chi connectivity index (χ0) is 19.9. The maximum absolute atomic E-state index is 12.5. The Balaban J connectivity index is 1.67. The number of carbonyl (C=O) groups is 2. The second kappa shape index (κ2) is 9.01. The summed E-state index contributed by atoms with van der Waals surface area (Å²) in [5.41, 5.74) is 2.80. The maximum Gasteiger partial charge on any atom is 0.338 e. The third-order valence-corrected chi connectivity index (χ3v) is 4.03. The summed E-state index contributed by atoms with van der Waals surface area (Å²) in [6, 6.07) is 17.1. The number of hydrogen-bond acceptors (Lipinski definition) is 5. The summed E-state index contributed by atoms with van der Waals surface area (Å²) < 4.78 is 4.94. The van der Waals surface area contributed by atoms with E-state index < -0.39 is 5.97 Å². The molecule has 0 unspecified atom stereocenters. The fourth-order valence-corrected chi connectivity index (χ4v) is 2.56. The smallest absolute Gasteiger partial charge is 0.338 e. The van der Waals surface area contributed by atoms with Gasteiger partial charge in [0.05, 0.1) is 12.2 Å². The van der Waals surface area contributed by atoms with Gasteiger partial charge >= 0.3 is 5.97 Å². The monoisotopic (exact) mass is 395 g/mol. The predicted molar refractivity (Wildman–Crippen MR) is 109 cm³/mol. The quantitative estimate of drug-likeness (QED) is 0.580. The van der Waals surface area contributed by atoms with Gasteiger partial charge in [0, 0.05) is 28.3 Å². The highest BCUT2D eigenvalue weighted by Crippen LogP contribution is 2.19. The van der Waals surface area contributed by atoms with E-state index in [1.807, 2.05) is 12.1 Å². The highest BCUT2D eigenvalue weighted by Gasteiger charge is 2.10. The Labute approximate surface area is 167 Å². The summed E-state index contributed by atoms with van der Waals surface area (Å²) in [7, 11) is 0. The van der Waals surface area contributed by atoms with E-state index in [0.717, 1.165) is 11.4 Å². The van der Waals surface area contributed by atoms with Crippen LogP contribution in [0.3, 0.4) is 0 Å². The molecule has 0 spiro atoms. The number of nitrogens with zero attached hydrogens (tertiary/aromatic N) is 1. The molecule has 0 saturated heterocycles. The SMILES string of the molecule is CCOC(=O)c1ccc(NC(=O)c2cc(Nc3ccc(Cl)cc3)ccn2)cc1. The van der Waals surface area contributed by atoms with E-state index in [9.17, 15) is 9.59 Å². The summed E-state index contributed by atoms with van der Waals surface area (Å²) in [5, 5.41) is 6.60. The van der Waals surface area contributed by atoms with Crippen LogP contribution in [0.15, 0.2) is 66.9 Å². The van der Waals surface area contributed by atoms with Gasteiger partial charge in [0.15, 0.2) is 0 Å². The number of halogens is 1. The van der Waals surface area contributed by atoms with Crippen LogP contribution < -0.4 is 10.6 Å². The molecular weight excluding hydrogens is 378 g/mol. The van der Waals surface area contributed by atoms with E-state index in [0.29, 0.717) is 22.9 Å². The number of esters is 1. The number of carbonyl (C=O) groups excluding carboxylic acids is 2. The molecule has 0 aliphatic rings. The number of anilines is 3.